The van der Waals surface area contributed by atoms with Crippen LogP contribution in [0.5, 0.6) is 0 Å². The SMILES string of the molecule is S=c1nc[nH]c2c1cnn2-c1ccc(Cl)c(Cl)c1. The lowest BCUT2D eigenvalue weighted by molar-refractivity contribution is 0.895. The molecule has 0 atom stereocenters. The number of benzene rings is 1. The maximum Gasteiger partial charge on any atom is 0.145 e. The number of nitrogens with one attached hydrogen (secondary N) is 1. The number of aromatic nitrogens is 4. The fourth-order valence-corrected chi connectivity index (χ4v) is 2.17. The number of H-pyrrole nitrogens is 1. The average molecular weight is 297 g/mol. The van der Waals surface area contributed by atoms with E-state index < -0.39 is 0 Å². The first-order valence-corrected chi connectivity index (χ1v) is 6.20. The van der Waals surface area contributed by atoms with E-state index in [1.54, 1.807) is 29.3 Å². The van der Waals surface area contributed by atoms with E-state index in [1.165, 1.54) is 0 Å². The maximum atomic E-state index is 6.00. The number of aromatic amines is 1. The summed E-state index contributed by atoms with van der Waals surface area (Å²) < 4.78 is 2.21. The molecule has 18 heavy (non-hydrogen) atoms. The summed E-state index contributed by atoms with van der Waals surface area (Å²) in [5.41, 5.74) is 1.57. The van der Waals surface area contributed by atoms with E-state index in [4.69, 9.17) is 35.4 Å². The molecule has 0 unspecified atom stereocenters. The van der Waals surface area contributed by atoms with Gasteiger partial charge in [0, 0.05) is 0 Å². The first-order chi connectivity index (χ1) is 8.66. The normalized spacial score (nSPS) is 11.0. The summed E-state index contributed by atoms with van der Waals surface area (Å²) in [5, 5.41) is 6.05. The first-order valence-electron chi connectivity index (χ1n) is 5.03. The third-order valence-corrected chi connectivity index (χ3v) is 3.59. The van der Waals surface area contributed by atoms with Gasteiger partial charge in [0.05, 0.1) is 33.6 Å². The Morgan fingerprint density at radius 2 is 2.06 bits per heavy atom. The first kappa shape index (κ1) is 11.6. The number of hydrogen-bond donors (Lipinski definition) is 1. The summed E-state index contributed by atoms with van der Waals surface area (Å²) in [6.45, 7) is 0. The number of rotatable bonds is 1. The molecule has 0 bridgehead atoms. The van der Waals surface area contributed by atoms with Crippen molar-refractivity contribution in [2.24, 2.45) is 0 Å². The quantitative estimate of drug-likeness (QED) is 0.695. The molecule has 3 rings (SSSR count). The molecule has 0 spiro atoms. The highest BCUT2D eigenvalue weighted by Crippen LogP contribution is 2.25. The van der Waals surface area contributed by atoms with Crippen molar-refractivity contribution in [3.05, 3.63) is 45.4 Å². The second-order valence-corrected chi connectivity index (χ2v) is 4.83. The predicted octanol–water partition coefficient (Wildman–Crippen LogP) is 3.78. The molecular weight excluding hydrogens is 291 g/mol. The summed E-state index contributed by atoms with van der Waals surface area (Å²) in [6.07, 6.45) is 3.21. The summed E-state index contributed by atoms with van der Waals surface area (Å²) in [6, 6.07) is 5.30. The molecule has 1 aromatic carbocycles. The smallest absolute Gasteiger partial charge is 0.145 e. The number of nitrogens with zero attached hydrogens (tertiary/aromatic N) is 3. The van der Waals surface area contributed by atoms with E-state index in [1.807, 2.05) is 6.07 Å². The van der Waals surface area contributed by atoms with Crippen LogP contribution in [0.1, 0.15) is 0 Å². The molecule has 4 nitrogen and oxygen atoms in total. The van der Waals surface area contributed by atoms with E-state index in [9.17, 15) is 0 Å². The van der Waals surface area contributed by atoms with Gasteiger partial charge in [-0.1, -0.05) is 35.4 Å². The molecule has 1 N–H and O–H groups in total. The number of halogens is 2. The number of fused-ring (bicyclic) bond motifs is 1. The van der Waals surface area contributed by atoms with Crippen molar-refractivity contribution >= 4 is 46.5 Å². The van der Waals surface area contributed by atoms with Gasteiger partial charge < -0.3 is 4.98 Å². The summed E-state index contributed by atoms with van der Waals surface area (Å²) in [7, 11) is 0. The molecule has 2 heterocycles. The van der Waals surface area contributed by atoms with Gasteiger partial charge in [0.25, 0.3) is 0 Å². The van der Waals surface area contributed by atoms with Crippen molar-refractivity contribution in [1.29, 1.82) is 0 Å². The second-order valence-electron chi connectivity index (χ2n) is 3.62. The van der Waals surface area contributed by atoms with Crippen LogP contribution in [0.15, 0.2) is 30.7 Å². The van der Waals surface area contributed by atoms with Gasteiger partial charge in [-0.3, -0.25) is 0 Å². The standard InChI is InChI=1S/C11H6Cl2N4S/c12-8-2-1-6(3-9(8)13)17-10-7(4-16-17)11(18)15-5-14-10/h1-5H,(H,14,15,18). The monoisotopic (exact) mass is 296 g/mol. The van der Waals surface area contributed by atoms with Gasteiger partial charge in [-0.15, -0.1) is 0 Å². The fraction of sp³-hybridized carbons (Fsp3) is 0. The zero-order chi connectivity index (χ0) is 12.7. The lowest BCUT2D eigenvalue weighted by atomic mass is 10.3. The van der Waals surface area contributed by atoms with Gasteiger partial charge in [0.15, 0.2) is 0 Å². The molecule has 7 heteroatoms. The Morgan fingerprint density at radius 1 is 1.22 bits per heavy atom. The minimum atomic E-state index is 0.477. The average Bonchev–Trinajstić information content (AvgIpc) is 2.78. The highest BCUT2D eigenvalue weighted by atomic mass is 35.5. The minimum Gasteiger partial charge on any atom is -0.330 e. The van der Waals surface area contributed by atoms with Crippen molar-refractivity contribution in [3.8, 4) is 5.69 Å². The van der Waals surface area contributed by atoms with E-state index >= 15 is 0 Å². The van der Waals surface area contributed by atoms with Crippen LogP contribution in [0.25, 0.3) is 16.7 Å². The Balaban J connectivity index is 2.29. The van der Waals surface area contributed by atoms with E-state index in [2.05, 4.69) is 15.1 Å². The van der Waals surface area contributed by atoms with Crippen LogP contribution in [0, 0.1) is 4.64 Å². The lowest BCUT2D eigenvalue weighted by Crippen LogP contribution is -1.97. The molecule has 90 valence electrons. The van der Waals surface area contributed by atoms with Crippen LogP contribution in [-0.2, 0) is 0 Å². The molecule has 0 radical (unpaired) electrons. The summed E-state index contributed by atoms with van der Waals surface area (Å²) in [5.74, 6) is 0. The molecule has 0 aliphatic rings. The Kier molecular flexibility index (Phi) is 2.81. The van der Waals surface area contributed by atoms with Gasteiger partial charge in [-0.25, -0.2) is 9.67 Å². The van der Waals surface area contributed by atoms with Crippen LogP contribution in [-0.4, -0.2) is 19.7 Å². The fourth-order valence-electron chi connectivity index (χ4n) is 1.68. The topological polar surface area (TPSA) is 46.5 Å². The molecule has 0 aliphatic heterocycles. The van der Waals surface area contributed by atoms with Crippen LogP contribution < -0.4 is 0 Å². The van der Waals surface area contributed by atoms with Gasteiger partial charge in [0.2, 0.25) is 0 Å². The van der Waals surface area contributed by atoms with Gasteiger partial charge in [0.1, 0.15) is 10.3 Å². The van der Waals surface area contributed by atoms with E-state index in [-0.39, 0.29) is 0 Å². The third-order valence-electron chi connectivity index (χ3n) is 2.53. The Morgan fingerprint density at radius 3 is 2.83 bits per heavy atom. The van der Waals surface area contributed by atoms with Crippen LogP contribution in [0.3, 0.4) is 0 Å². The molecule has 0 fully saturated rings. The summed E-state index contributed by atoms with van der Waals surface area (Å²) in [4.78, 5) is 7.02. The third kappa shape index (κ3) is 1.80. The van der Waals surface area contributed by atoms with Crippen molar-refractivity contribution in [2.45, 2.75) is 0 Å². The molecule has 0 aliphatic carbocycles. The van der Waals surface area contributed by atoms with Crippen molar-refractivity contribution in [2.75, 3.05) is 0 Å². The predicted molar refractivity (Wildman–Crippen MR) is 74.1 cm³/mol. The Bertz CT molecular complexity index is 793. The second kappa shape index (κ2) is 4.35. The molecular formula is C11H6Cl2N4S. The molecule has 0 saturated heterocycles. The largest absolute Gasteiger partial charge is 0.330 e. The van der Waals surface area contributed by atoms with Crippen molar-refractivity contribution in [3.63, 3.8) is 0 Å². The van der Waals surface area contributed by atoms with Crippen LogP contribution >= 0.6 is 35.4 Å². The van der Waals surface area contributed by atoms with Crippen LogP contribution in [0.4, 0.5) is 0 Å². The molecule has 2 aromatic heterocycles. The minimum absolute atomic E-state index is 0.477. The molecule has 0 saturated carbocycles. The highest BCUT2D eigenvalue weighted by molar-refractivity contribution is 7.71. The van der Waals surface area contributed by atoms with Gasteiger partial charge in [-0.2, -0.15) is 5.10 Å². The molecule has 0 amide bonds. The maximum absolute atomic E-state index is 6.00. The Hall–Kier alpha value is -1.43. The zero-order valence-electron chi connectivity index (χ0n) is 8.89. The van der Waals surface area contributed by atoms with Crippen molar-refractivity contribution < 1.29 is 0 Å². The van der Waals surface area contributed by atoms with E-state index in [0.717, 1.165) is 16.7 Å². The van der Waals surface area contributed by atoms with Crippen LogP contribution in [0.2, 0.25) is 10.0 Å². The van der Waals surface area contributed by atoms with Crippen molar-refractivity contribution in [1.82, 2.24) is 19.7 Å². The zero-order valence-corrected chi connectivity index (χ0v) is 11.2. The Labute approximate surface area is 117 Å². The lowest BCUT2D eigenvalue weighted by Gasteiger charge is -2.04. The summed E-state index contributed by atoms with van der Waals surface area (Å²) >= 11 is 17.0. The number of hydrogen-bond acceptors (Lipinski definition) is 3. The van der Waals surface area contributed by atoms with Gasteiger partial charge >= 0.3 is 0 Å². The van der Waals surface area contributed by atoms with Gasteiger partial charge in [-0.05, 0) is 18.2 Å². The molecule has 3 aromatic rings. The highest BCUT2D eigenvalue weighted by Gasteiger charge is 2.08. The van der Waals surface area contributed by atoms with E-state index in [0.29, 0.717) is 14.7 Å².